The maximum Gasteiger partial charge on any atom is 0.264 e. The molecule has 2 aliphatic rings. The number of nitrogens with zero attached hydrogens (tertiary/aromatic N) is 1. The fraction of sp³-hybridized carbons (Fsp3) is 0.273. The topological polar surface area (TPSA) is 95.6 Å². The molecule has 30 heavy (non-hydrogen) atoms. The number of hydrogen-bond acceptors (Lipinski definition) is 4. The minimum Gasteiger partial charge on any atom is -0.346 e. The van der Waals surface area contributed by atoms with Crippen molar-refractivity contribution in [2.45, 2.75) is 30.2 Å². The first-order valence-corrected chi connectivity index (χ1v) is 11.3. The van der Waals surface area contributed by atoms with Crippen molar-refractivity contribution in [3.8, 4) is 0 Å². The number of amides is 2. The zero-order valence-electron chi connectivity index (χ0n) is 16.4. The highest BCUT2D eigenvalue weighted by Gasteiger charge is 2.33. The lowest BCUT2D eigenvalue weighted by Crippen LogP contribution is -2.40. The Morgan fingerprint density at radius 1 is 1.03 bits per heavy atom. The van der Waals surface area contributed by atoms with Crippen LogP contribution in [0, 0.1) is 5.92 Å². The number of benzene rings is 2. The number of sulfonamides is 1. The third-order valence-electron chi connectivity index (χ3n) is 5.36. The summed E-state index contributed by atoms with van der Waals surface area (Å²) in [5.41, 5.74) is 1.87. The summed E-state index contributed by atoms with van der Waals surface area (Å²) in [6.45, 7) is 3.71. The molecule has 0 saturated heterocycles. The van der Waals surface area contributed by atoms with E-state index in [2.05, 4.69) is 17.2 Å². The van der Waals surface area contributed by atoms with Crippen molar-refractivity contribution in [3.63, 3.8) is 0 Å². The number of para-hydroxylation sites is 1. The summed E-state index contributed by atoms with van der Waals surface area (Å²) >= 11 is 0. The normalized spacial score (nSPS) is 18.3. The summed E-state index contributed by atoms with van der Waals surface area (Å²) < 4.78 is 28.0. The third-order valence-corrected chi connectivity index (χ3v) is 7.19. The first-order valence-electron chi connectivity index (χ1n) is 9.85. The smallest absolute Gasteiger partial charge is 0.264 e. The molecule has 1 unspecified atom stereocenters. The van der Waals surface area contributed by atoms with Gasteiger partial charge in [0.1, 0.15) is 0 Å². The molecule has 2 aromatic rings. The third kappa shape index (κ3) is 3.95. The minimum absolute atomic E-state index is 0.0248. The maximum atomic E-state index is 13.3. The van der Waals surface area contributed by atoms with Crippen LogP contribution < -0.4 is 14.9 Å². The highest BCUT2D eigenvalue weighted by atomic mass is 32.2. The van der Waals surface area contributed by atoms with E-state index in [1.165, 1.54) is 22.5 Å². The van der Waals surface area contributed by atoms with Crippen LogP contribution in [0.1, 0.15) is 30.9 Å². The number of nitrogens with one attached hydrogen (secondary N) is 2. The molecule has 0 spiro atoms. The molecule has 1 saturated carbocycles. The Bertz CT molecular complexity index is 1090. The van der Waals surface area contributed by atoms with Crippen molar-refractivity contribution < 1.29 is 18.0 Å². The molecule has 2 N–H and O–H groups in total. The van der Waals surface area contributed by atoms with Crippen molar-refractivity contribution in [3.05, 3.63) is 66.7 Å². The number of fused-ring (bicyclic) bond motifs is 1. The Morgan fingerprint density at radius 2 is 1.73 bits per heavy atom. The molecule has 7 nitrogen and oxygen atoms in total. The van der Waals surface area contributed by atoms with Crippen molar-refractivity contribution in [2.24, 2.45) is 5.92 Å². The van der Waals surface area contributed by atoms with E-state index in [1.54, 1.807) is 24.3 Å². The van der Waals surface area contributed by atoms with Gasteiger partial charge in [-0.3, -0.25) is 13.9 Å². The van der Waals surface area contributed by atoms with Gasteiger partial charge in [0.25, 0.3) is 10.0 Å². The molecule has 4 rings (SSSR count). The van der Waals surface area contributed by atoms with E-state index in [0.717, 1.165) is 18.4 Å². The molecule has 0 bridgehead atoms. The van der Waals surface area contributed by atoms with Crippen LogP contribution in [0.25, 0.3) is 0 Å². The summed E-state index contributed by atoms with van der Waals surface area (Å²) in [5.74, 6) is -0.245. The number of anilines is 2. The van der Waals surface area contributed by atoms with Crippen LogP contribution in [-0.2, 0) is 19.6 Å². The summed E-state index contributed by atoms with van der Waals surface area (Å²) in [4.78, 5) is 23.8. The van der Waals surface area contributed by atoms with E-state index in [1.807, 2.05) is 12.1 Å². The SMILES string of the molecule is C=CC(=O)NC1CCN(S(=O)(=O)c2ccc(NC(=O)C3CC3)cc2)c2ccccc21. The Kier molecular flexibility index (Phi) is 5.34. The average Bonchev–Trinajstić information content (AvgIpc) is 3.59. The van der Waals surface area contributed by atoms with Gasteiger partial charge in [0, 0.05) is 18.2 Å². The van der Waals surface area contributed by atoms with Gasteiger partial charge < -0.3 is 10.6 Å². The zero-order valence-corrected chi connectivity index (χ0v) is 17.2. The number of rotatable bonds is 6. The molecule has 1 aliphatic heterocycles. The van der Waals surface area contributed by atoms with Crippen LogP contribution in [0.3, 0.4) is 0 Å². The van der Waals surface area contributed by atoms with Crippen molar-refractivity contribution >= 4 is 33.2 Å². The van der Waals surface area contributed by atoms with Gasteiger partial charge in [-0.05, 0) is 61.2 Å². The summed E-state index contributed by atoms with van der Waals surface area (Å²) in [6, 6.07) is 13.1. The van der Waals surface area contributed by atoms with Crippen LogP contribution >= 0.6 is 0 Å². The van der Waals surface area contributed by atoms with E-state index in [0.29, 0.717) is 17.8 Å². The van der Waals surface area contributed by atoms with E-state index in [-0.39, 0.29) is 35.2 Å². The highest BCUT2D eigenvalue weighted by molar-refractivity contribution is 7.92. The summed E-state index contributed by atoms with van der Waals surface area (Å²) in [5, 5.41) is 5.67. The van der Waals surface area contributed by atoms with Crippen LogP contribution in [0.4, 0.5) is 11.4 Å². The number of hydrogen-bond donors (Lipinski definition) is 2. The van der Waals surface area contributed by atoms with Gasteiger partial charge in [-0.2, -0.15) is 0 Å². The molecule has 0 radical (unpaired) electrons. The van der Waals surface area contributed by atoms with Crippen LogP contribution in [0.15, 0.2) is 66.1 Å². The maximum absolute atomic E-state index is 13.3. The van der Waals surface area contributed by atoms with Gasteiger partial charge in [0.15, 0.2) is 0 Å². The van der Waals surface area contributed by atoms with Crippen LogP contribution in [-0.4, -0.2) is 26.8 Å². The fourth-order valence-electron chi connectivity index (χ4n) is 3.59. The molecular formula is C22H23N3O4S. The van der Waals surface area contributed by atoms with Crippen molar-refractivity contribution in [2.75, 3.05) is 16.2 Å². The monoisotopic (exact) mass is 425 g/mol. The average molecular weight is 426 g/mol. The van der Waals surface area contributed by atoms with Gasteiger partial charge in [-0.1, -0.05) is 24.8 Å². The van der Waals surface area contributed by atoms with Gasteiger partial charge in [-0.25, -0.2) is 8.42 Å². The van der Waals surface area contributed by atoms with Gasteiger partial charge in [0.2, 0.25) is 11.8 Å². The lowest BCUT2D eigenvalue weighted by molar-refractivity contribution is -0.118. The van der Waals surface area contributed by atoms with Crippen LogP contribution in [0.5, 0.6) is 0 Å². The molecular weight excluding hydrogens is 402 g/mol. The van der Waals surface area contributed by atoms with Crippen molar-refractivity contribution in [1.29, 1.82) is 0 Å². The molecule has 0 aromatic heterocycles. The molecule has 1 heterocycles. The molecule has 8 heteroatoms. The predicted octanol–water partition coefficient (Wildman–Crippen LogP) is 2.98. The van der Waals surface area contributed by atoms with E-state index >= 15 is 0 Å². The molecule has 2 amide bonds. The fourth-order valence-corrected chi connectivity index (χ4v) is 5.09. The number of carbonyl (C=O) groups excluding carboxylic acids is 2. The van der Waals surface area contributed by atoms with Crippen LogP contribution in [0.2, 0.25) is 0 Å². The Hall–Kier alpha value is -3.13. The molecule has 156 valence electrons. The van der Waals surface area contributed by atoms with Gasteiger partial charge in [-0.15, -0.1) is 0 Å². The predicted molar refractivity (Wildman–Crippen MR) is 114 cm³/mol. The first-order chi connectivity index (χ1) is 14.4. The second kappa shape index (κ2) is 7.95. The summed E-state index contributed by atoms with van der Waals surface area (Å²) in [7, 11) is -3.79. The largest absolute Gasteiger partial charge is 0.346 e. The second-order valence-corrected chi connectivity index (χ2v) is 9.34. The van der Waals surface area contributed by atoms with E-state index in [4.69, 9.17) is 0 Å². The molecule has 1 atom stereocenters. The van der Waals surface area contributed by atoms with E-state index < -0.39 is 10.0 Å². The zero-order chi connectivity index (χ0) is 21.3. The second-order valence-electron chi connectivity index (χ2n) is 7.48. The molecule has 1 fully saturated rings. The lowest BCUT2D eigenvalue weighted by Gasteiger charge is -2.35. The lowest BCUT2D eigenvalue weighted by atomic mass is 9.98. The Balaban J connectivity index is 1.58. The highest BCUT2D eigenvalue weighted by Crippen LogP contribution is 2.37. The van der Waals surface area contributed by atoms with E-state index in [9.17, 15) is 18.0 Å². The van der Waals surface area contributed by atoms with Gasteiger partial charge >= 0.3 is 0 Å². The first kappa shape index (κ1) is 20.2. The quantitative estimate of drug-likeness (QED) is 0.696. The summed E-state index contributed by atoms with van der Waals surface area (Å²) in [6.07, 6.45) is 3.46. The Labute approximate surface area is 175 Å². The number of carbonyl (C=O) groups is 2. The van der Waals surface area contributed by atoms with Gasteiger partial charge in [0.05, 0.1) is 16.6 Å². The van der Waals surface area contributed by atoms with Crippen molar-refractivity contribution in [1.82, 2.24) is 5.32 Å². The Morgan fingerprint density at radius 3 is 2.40 bits per heavy atom. The molecule has 2 aromatic carbocycles. The standard InChI is InChI=1S/C22H23N3O4S/c1-2-21(26)24-19-13-14-25(20-6-4-3-5-18(19)20)30(28,29)17-11-9-16(10-12-17)23-22(27)15-7-8-15/h2-6,9-12,15,19H,1,7-8,13-14H2,(H,23,27)(H,24,26). The molecule has 1 aliphatic carbocycles. The minimum atomic E-state index is -3.79.